The fourth-order valence-corrected chi connectivity index (χ4v) is 6.75. The van der Waals surface area contributed by atoms with E-state index in [0.717, 1.165) is 38.0 Å². The monoisotopic (exact) mass is 390 g/mol. The van der Waals surface area contributed by atoms with E-state index >= 15 is 0 Å². The highest BCUT2D eigenvalue weighted by molar-refractivity contribution is 7.89. The van der Waals surface area contributed by atoms with Crippen LogP contribution in [0, 0.1) is 23.7 Å². The van der Waals surface area contributed by atoms with Crippen LogP contribution in [0.15, 0.2) is 29.2 Å². The number of carbonyl (C=O) groups is 1. The molecule has 3 saturated carbocycles. The highest BCUT2D eigenvalue weighted by Crippen LogP contribution is 2.49. The first kappa shape index (κ1) is 18.9. The number of fused-ring (bicyclic) bond motifs is 2. The van der Waals surface area contributed by atoms with Crippen molar-refractivity contribution >= 4 is 21.6 Å². The second-order valence-corrected chi connectivity index (χ2v) is 10.5. The van der Waals surface area contributed by atoms with Gasteiger partial charge in [-0.15, -0.1) is 0 Å². The van der Waals surface area contributed by atoms with E-state index in [2.05, 4.69) is 10.0 Å². The van der Waals surface area contributed by atoms with Crippen LogP contribution in [0.2, 0.25) is 0 Å². The van der Waals surface area contributed by atoms with Crippen LogP contribution in [-0.2, 0) is 14.8 Å². The molecule has 4 unspecified atom stereocenters. The van der Waals surface area contributed by atoms with Gasteiger partial charge >= 0.3 is 0 Å². The van der Waals surface area contributed by atoms with Crippen LogP contribution in [0.25, 0.3) is 0 Å². The first-order chi connectivity index (χ1) is 12.9. The van der Waals surface area contributed by atoms with E-state index in [4.69, 9.17) is 0 Å². The van der Waals surface area contributed by atoms with Gasteiger partial charge in [0.15, 0.2) is 0 Å². The summed E-state index contributed by atoms with van der Waals surface area (Å²) in [4.78, 5) is 12.5. The summed E-state index contributed by atoms with van der Waals surface area (Å²) in [6, 6.07) is 6.50. The third-order valence-electron chi connectivity index (χ3n) is 6.93. The van der Waals surface area contributed by atoms with Crippen LogP contribution in [0.3, 0.4) is 0 Å². The predicted octanol–water partition coefficient (Wildman–Crippen LogP) is 3.92. The van der Waals surface area contributed by atoms with E-state index < -0.39 is 10.0 Å². The van der Waals surface area contributed by atoms with Crippen molar-refractivity contribution < 1.29 is 13.2 Å². The maximum Gasteiger partial charge on any atom is 0.240 e. The molecular formula is C21H30N2O3S. The van der Waals surface area contributed by atoms with Gasteiger partial charge in [0.2, 0.25) is 15.9 Å². The molecule has 3 fully saturated rings. The maximum atomic E-state index is 12.7. The first-order valence-electron chi connectivity index (χ1n) is 10.4. The molecule has 2 N–H and O–H groups in total. The Bertz CT molecular complexity index is 784. The molecule has 4 atom stereocenters. The van der Waals surface area contributed by atoms with Gasteiger partial charge in [-0.1, -0.05) is 19.3 Å². The molecule has 3 aliphatic carbocycles. The first-order valence-corrected chi connectivity index (χ1v) is 11.8. The number of sulfonamides is 1. The van der Waals surface area contributed by atoms with Gasteiger partial charge in [0.25, 0.3) is 0 Å². The van der Waals surface area contributed by atoms with E-state index in [1.54, 1.807) is 24.3 Å². The fourth-order valence-electron chi connectivity index (χ4n) is 5.46. The number of nitrogens with one attached hydrogen (secondary N) is 2. The second kappa shape index (κ2) is 7.55. The molecule has 1 aromatic rings. The quantitative estimate of drug-likeness (QED) is 0.773. The van der Waals surface area contributed by atoms with Crippen LogP contribution in [0.4, 0.5) is 5.69 Å². The summed E-state index contributed by atoms with van der Waals surface area (Å²) in [5.74, 6) is 2.09. The van der Waals surface area contributed by atoms with Crippen LogP contribution in [-0.4, -0.2) is 20.4 Å². The third-order valence-corrected chi connectivity index (χ3v) is 8.51. The highest BCUT2D eigenvalue weighted by atomic mass is 32.2. The molecule has 27 heavy (non-hydrogen) atoms. The predicted molar refractivity (Wildman–Crippen MR) is 106 cm³/mol. The Morgan fingerprint density at radius 1 is 1.04 bits per heavy atom. The molecule has 0 spiro atoms. The Labute approximate surface area is 162 Å². The topological polar surface area (TPSA) is 75.3 Å². The minimum absolute atomic E-state index is 0.0351. The minimum atomic E-state index is -3.54. The summed E-state index contributed by atoms with van der Waals surface area (Å²) in [7, 11) is -3.54. The number of rotatable bonds is 6. The summed E-state index contributed by atoms with van der Waals surface area (Å²) in [6.45, 7) is 2.00. The zero-order valence-corrected chi connectivity index (χ0v) is 16.8. The van der Waals surface area contributed by atoms with E-state index in [9.17, 15) is 13.2 Å². The van der Waals surface area contributed by atoms with Crippen LogP contribution < -0.4 is 10.0 Å². The zero-order valence-electron chi connectivity index (χ0n) is 16.0. The van der Waals surface area contributed by atoms with E-state index in [-0.39, 0.29) is 22.8 Å². The summed E-state index contributed by atoms with van der Waals surface area (Å²) in [5, 5.41) is 2.91. The van der Waals surface area contributed by atoms with Crippen molar-refractivity contribution in [1.29, 1.82) is 0 Å². The number of benzene rings is 1. The highest BCUT2D eigenvalue weighted by Gasteiger charge is 2.42. The average Bonchev–Trinajstić information content (AvgIpc) is 3.39. The largest absolute Gasteiger partial charge is 0.326 e. The molecule has 0 radical (unpaired) electrons. The molecule has 148 valence electrons. The standard InChI is InChI=1S/C21H30N2O3S/c1-14(20-13-15-6-7-17(20)12-15)23-27(25,26)19-10-8-18(9-11-19)22-21(24)16-4-2-3-5-16/h8-11,14-17,20,23H,2-7,12-13H2,1H3,(H,22,24). The van der Waals surface area contributed by atoms with Gasteiger partial charge in [-0.3, -0.25) is 4.79 Å². The van der Waals surface area contributed by atoms with Crippen molar-refractivity contribution in [3.63, 3.8) is 0 Å². The Balaban J connectivity index is 1.37. The summed E-state index contributed by atoms with van der Waals surface area (Å²) >= 11 is 0. The van der Waals surface area contributed by atoms with Gasteiger partial charge < -0.3 is 5.32 Å². The molecule has 3 aliphatic rings. The van der Waals surface area contributed by atoms with Crippen molar-refractivity contribution in [2.24, 2.45) is 23.7 Å². The molecule has 4 rings (SSSR count). The molecule has 0 saturated heterocycles. The van der Waals surface area contributed by atoms with Crippen molar-refractivity contribution in [2.45, 2.75) is 69.2 Å². The number of hydrogen-bond acceptors (Lipinski definition) is 3. The smallest absolute Gasteiger partial charge is 0.240 e. The van der Waals surface area contributed by atoms with Crippen molar-refractivity contribution in [3.8, 4) is 0 Å². The van der Waals surface area contributed by atoms with Crippen LogP contribution in [0.1, 0.15) is 58.3 Å². The van der Waals surface area contributed by atoms with Gasteiger partial charge in [-0.05, 0) is 81.0 Å². The Morgan fingerprint density at radius 2 is 1.74 bits per heavy atom. The van der Waals surface area contributed by atoms with Crippen LogP contribution >= 0.6 is 0 Å². The summed E-state index contributed by atoms with van der Waals surface area (Å²) in [5.41, 5.74) is 0.659. The Hall–Kier alpha value is -1.40. The fraction of sp³-hybridized carbons (Fsp3) is 0.667. The van der Waals surface area contributed by atoms with Crippen molar-refractivity contribution in [2.75, 3.05) is 5.32 Å². The number of hydrogen-bond donors (Lipinski definition) is 2. The summed E-state index contributed by atoms with van der Waals surface area (Å²) in [6.07, 6.45) is 9.10. The van der Waals surface area contributed by atoms with Crippen molar-refractivity contribution in [1.82, 2.24) is 4.72 Å². The molecule has 5 nitrogen and oxygen atoms in total. The van der Waals surface area contributed by atoms with Gasteiger partial charge in [-0.25, -0.2) is 13.1 Å². The lowest BCUT2D eigenvalue weighted by Crippen LogP contribution is -2.40. The lowest BCUT2D eigenvalue weighted by molar-refractivity contribution is -0.119. The molecule has 2 bridgehead atoms. The molecule has 0 heterocycles. The molecule has 1 amide bonds. The van der Waals surface area contributed by atoms with E-state index in [1.165, 1.54) is 19.3 Å². The SMILES string of the molecule is CC(NS(=O)(=O)c1ccc(NC(=O)C2CCCC2)cc1)C1CC2CCC1C2. The minimum Gasteiger partial charge on any atom is -0.326 e. The Kier molecular flexibility index (Phi) is 5.30. The number of amides is 1. The maximum absolute atomic E-state index is 12.7. The second-order valence-electron chi connectivity index (χ2n) is 8.74. The lowest BCUT2D eigenvalue weighted by atomic mass is 9.84. The van der Waals surface area contributed by atoms with E-state index in [1.807, 2.05) is 6.92 Å². The average molecular weight is 391 g/mol. The van der Waals surface area contributed by atoms with Gasteiger partial charge in [-0.2, -0.15) is 0 Å². The van der Waals surface area contributed by atoms with Crippen LogP contribution in [0.5, 0.6) is 0 Å². The third kappa shape index (κ3) is 4.06. The van der Waals surface area contributed by atoms with Gasteiger partial charge in [0.1, 0.15) is 0 Å². The van der Waals surface area contributed by atoms with E-state index in [0.29, 0.717) is 17.5 Å². The molecule has 1 aromatic carbocycles. The molecule has 0 aromatic heterocycles. The lowest BCUT2D eigenvalue weighted by Gasteiger charge is -2.28. The normalized spacial score (nSPS) is 29.1. The summed E-state index contributed by atoms with van der Waals surface area (Å²) < 4.78 is 28.4. The number of carbonyl (C=O) groups excluding carboxylic acids is 1. The van der Waals surface area contributed by atoms with Gasteiger partial charge in [0, 0.05) is 17.6 Å². The molecule has 0 aliphatic heterocycles. The number of anilines is 1. The zero-order chi connectivity index (χ0) is 19.0. The Morgan fingerprint density at radius 3 is 2.33 bits per heavy atom. The molecular weight excluding hydrogens is 360 g/mol. The van der Waals surface area contributed by atoms with Gasteiger partial charge in [0.05, 0.1) is 4.90 Å². The van der Waals surface area contributed by atoms with Crippen molar-refractivity contribution in [3.05, 3.63) is 24.3 Å². The molecule has 6 heteroatoms.